The number of carbonyl (C=O) groups excluding carboxylic acids is 1. The highest BCUT2D eigenvalue weighted by Gasteiger charge is 1.97. The number of rotatable bonds is 4. The van der Waals surface area contributed by atoms with E-state index in [2.05, 4.69) is 5.32 Å². The van der Waals surface area contributed by atoms with E-state index in [1.807, 2.05) is 35.2 Å². The SMILES string of the molecule is O=C(CCNc1ccccc1)NCl. The molecule has 4 heteroatoms. The lowest BCUT2D eigenvalue weighted by Crippen LogP contribution is -2.16. The van der Waals surface area contributed by atoms with Crippen LogP contribution in [0.2, 0.25) is 0 Å². The summed E-state index contributed by atoms with van der Waals surface area (Å²) in [6.45, 7) is 0.586. The summed E-state index contributed by atoms with van der Waals surface area (Å²) in [5.41, 5.74) is 1.00. The summed E-state index contributed by atoms with van der Waals surface area (Å²) >= 11 is 5.11. The molecule has 2 N–H and O–H groups in total. The van der Waals surface area contributed by atoms with Gasteiger partial charge in [-0.2, -0.15) is 0 Å². The molecule has 0 aliphatic rings. The van der Waals surface area contributed by atoms with Crippen molar-refractivity contribution in [2.75, 3.05) is 11.9 Å². The molecule has 0 aliphatic carbocycles. The van der Waals surface area contributed by atoms with Crippen molar-refractivity contribution in [1.82, 2.24) is 4.84 Å². The zero-order chi connectivity index (χ0) is 9.52. The predicted octanol–water partition coefficient (Wildman–Crippen LogP) is 1.76. The maximum Gasteiger partial charge on any atom is 0.236 e. The number of amides is 1. The van der Waals surface area contributed by atoms with Crippen molar-refractivity contribution < 1.29 is 4.79 Å². The molecule has 0 heterocycles. The lowest BCUT2D eigenvalue weighted by molar-refractivity contribution is -0.119. The fourth-order valence-electron chi connectivity index (χ4n) is 0.924. The summed E-state index contributed by atoms with van der Waals surface area (Å²) in [4.78, 5) is 12.8. The molecule has 1 aromatic carbocycles. The number of benzene rings is 1. The average molecular weight is 199 g/mol. The number of carbonyl (C=O) groups is 1. The van der Waals surface area contributed by atoms with Crippen LogP contribution in [0.1, 0.15) is 6.42 Å². The number of hydrogen-bond donors (Lipinski definition) is 2. The molecule has 0 fully saturated rings. The molecule has 0 saturated carbocycles. The van der Waals surface area contributed by atoms with Crippen LogP contribution in [0, 0.1) is 0 Å². The second-order valence-electron chi connectivity index (χ2n) is 2.56. The van der Waals surface area contributed by atoms with Crippen molar-refractivity contribution in [2.24, 2.45) is 0 Å². The summed E-state index contributed by atoms with van der Waals surface area (Å²) < 4.78 is 0. The molecule has 1 aromatic rings. The third kappa shape index (κ3) is 3.80. The van der Waals surface area contributed by atoms with Crippen LogP contribution in [0.4, 0.5) is 5.69 Å². The normalized spacial score (nSPS) is 9.31. The first-order valence-corrected chi connectivity index (χ1v) is 4.39. The van der Waals surface area contributed by atoms with Crippen LogP contribution < -0.4 is 10.2 Å². The number of anilines is 1. The molecule has 0 aliphatic heterocycles. The molecule has 0 radical (unpaired) electrons. The summed E-state index contributed by atoms with van der Waals surface area (Å²) in [5.74, 6) is -0.176. The lowest BCUT2D eigenvalue weighted by Gasteiger charge is -2.03. The second kappa shape index (κ2) is 5.43. The van der Waals surface area contributed by atoms with Crippen molar-refractivity contribution in [3.63, 3.8) is 0 Å². The first kappa shape index (κ1) is 9.86. The van der Waals surface area contributed by atoms with Gasteiger partial charge in [-0.25, -0.2) is 0 Å². The van der Waals surface area contributed by atoms with Crippen LogP contribution in [0.5, 0.6) is 0 Å². The van der Waals surface area contributed by atoms with E-state index in [9.17, 15) is 4.79 Å². The molecule has 0 bridgehead atoms. The van der Waals surface area contributed by atoms with Gasteiger partial charge >= 0.3 is 0 Å². The monoisotopic (exact) mass is 198 g/mol. The van der Waals surface area contributed by atoms with Gasteiger partial charge in [0.2, 0.25) is 5.91 Å². The minimum absolute atomic E-state index is 0.176. The molecule has 0 saturated heterocycles. The summed E-state index contributed by atoms with van der Waals surface area (Å²) in [5, 5.41) is 3.09. The van der Waals surface area contributed by atoms with Gasteiger partial charge in [0.25, 0.3) is 0 Å². The third-order valence-electron chi connectivity index (χ3n) is 1.56. The van der Waals surface area contributed by atoms with Crippen LogP contribution in [0.15, 0.2) is 30.3 Å². The van der Waals surface area contributed by atoms with Crippen molar-refractivity contribution >= 4 is 23.4 Å². The lowest BCUT2D eigenvalue weighted by atomic mass is 10.3. The molecule has 13 heavy (non-hydrogen) atoms. The van der Waals surface area contributed by atoms with E-state index in [1.165, 1.54) is 0 Å². The van der Waals surface area contributed by atoms with Gasteiger partial charge in [0.05, 0.1) is 0 Å². The number of nitrogens with one attached hydrogen (secondary N) is 2. The highest BCUT2D eigenvalue weighted by Crippen LogP contribution is 2.04. The Morgan fingerprint density at radius 2 is 2.00 bits per heavy atom. The van der Waals surface area contributed by atoms with E-state index in [1.54, 1.807) is 0 Å². The molecular weight excluding hydrogens is 188 g/mol. The first-order valence-electron chi connectivity index (χ1n) is 4.01. The molecule has 0 atom stereocenters. The largest absolute Gasteiger partial charge is 0.385 e. The van der Waals surface area contributed by atoms with Crippen LogP contribution in [-0.2, 0) is 4.79 Å². The third-order valence-corrected chi connectivity index (χ3v) is 1.77. The molecule has 0 aromatic heterocycles. The predicted molar refractivity (Wildman–Crippen MR) is 53.5 cm³/mol. The van der Waals surface area contributed by atoms with Gasteiger partial charge in [0.1, 0.15) is 0 Å². The van der Waals surface area contributed by atoms with Crippen LogP contribution in [-0.4, -0.2) is 12.5 Å². The molecule has 0 spiro atoms. The van der Waals surface area contributed by atoms with Crippen molar-refractivity contribution in [2.45, 2.75) is 6.42 Å². The van der Waals surface area contributed by atoms with E-state index in [0.29, 0.717) is 13.0 Å². The highest BCUT2D eigenvalue weighted by molar-refractivity contribution is 6.21. The quantitative estimate of drug-likeness (QED) is 0.724. The maximum absolute atomic E-state index is 10.7. The molecule has 70 valence electrons. The molecular formula is C9H11ClN2O. The summed E-state index contributed by atoms with van der Waals surface area (Å²) in [6, 6.07) is 9.70. The maximum atomic E-state index is 10.7. The summed E-state index contributed by atoms with van der Waals surface area (Å²) in [7, 11) is 0. The zero-order valence-electron chi connectivity index (χ0n) is 7.09. The van der Waals surface area contributed by atoms with E-state index < -0.39 is 0 Å². The van der Waals surface area contributed by atoms with Gasteiger partial charge in [-0.05, 0) is 12.1 Å². The Kier molecular flexibility index (Phi) is 4.12. The van der Waals surface area contributed by atoms with Gasteiger partial charge in [-0.15, -0.1) is 0 Å². The van der Waals surface area contributed by atoms with Gasteiger partial charge in [0, 0.05) is 30.4 Å². The van der Waals surface area contributed by atoms with Crippen molar-refractivity contribution in [1.29, 1.82) is 0 Å². The van der Waals surface area contributed by atoms with Gasteiger partial charge in [-0.1, -0.05) is 18.2 Å². The van der Waals surface area contributed by atoms with E-state index in [4.69, 9.17) is 11.8 Å². The highest BCUT2D eigenvalue weighted by atomic mass is 35.5. The van der Waals surface area contributed by atoms with Gasteiger partial charge < -0.3 is 5.32 Å². The molecule has 3 nitrogen and oxygen atoms in total. The Bertz CT molecular complexity index is 264. The van der Waals surface area contributed by atoms with Crippen LogP contribution >= 0.6 is 11.8 Å². The van der Waals surface area contributed by atoms with E-state index in [-0.39, 0.29) is 5.91 Å². The van der Waals surface area contributed by atoms with E-state index >= 15 is 0 Å². The van der Waals surface area contributed by atoms with Gasteiger partial charge in [0.15, 0.2) is 0 Å². The van der Waals surface area contributed by atoms with Crippen LogP contribution in [0.3, 0.4) is 0 Å². The average Bonchev–Trinajstić information content (AvgIpc) is 2.19. The Labute approximate surface area is 82.2 Å². The molecule has 1 amide bonds. The van der Waals surface area contributed by atoms with Crippen LogP contribution in [0.25, 0.3) is 0 Å². The minimum atomic E-state index is -0.176. The first-order chi connectivity index (χ1) is 6.33. The summed E-state index contributed by atoms with van der Waals surface area (Å²) in [6.07, 6.45) is 0.373. The molecule has 1 rings (SSSR count). The van der Waals surface area contributed by atoms with Crippen molar-refractivity contribution in [3.05, 3.63) is 30.3 Å². The standard InChI is InChI=1S/C9H11ClN2O/c10-12-9(13)6-7-11-8-4-2-1-3-5-8/h1-5,11H,6-7H2,(H,12,13). The van der Waals surface area contributed by atoms with Crippen molar-refractivity contribution in [3.8, 4) is 0 Å². The Morgan fingerprint density at radius 3 is 2.62 bits per heavy atom. The molecule has 0 unspecified atom stereocenters. The second-order valence-corrected chi connectivity index (χ2v) is 2.75. The zero-order valence-corrected chi connectivity index (χ0v) is 7.84. The topological polar surface area (TPSA) is 41.1 Å². The number of halogens is 1. The van der Waals surface area contributed by atoms with E-state index in [0.717, 1.165) is 5.69 Å². The fraction of sp³-hybridized carbons (Fsp3) is 0.222. The Hall–Kier alpha value is -1.22. The fourth-order valence-corrected chi connectivity index (χ4v) is 1.02. The van der Waals surface area contributed by atoms with Gasteiger partial charge in [-0.3, -0.25) is 9.63 Å². The Morgan fingerprint density at radius 1 is 1.31 bits per heavy atom. The Balaban J connectivity index is 2.24. The smallest absolute Gasteiger partial charge is 0.236 e. The minimum Gasteiger partial charge on any atom is -0.385 e. The number of hydrogen-bond acceptors (Lipinski definition) is 2. The number of para-hydroxylation sites is 1.